The average Bonchev–Trinajstić information content (AvgIpc) is 3.51. The molecular weight excluding hydrogens is 430 g/mol. The maximum Gasteiger partial charge on any atom is 0.289 e. The van der Waals surface area contributed by atoms with Crippen molar-refractivity contribution >= 4 is 27.5 Å². The molecule has 2 aliphatic rings. The minimum absolute atomic E-state index is 0.100. The van der Waals surface area contributed by atoms with E-state index in [0.717, 1.165) is 12.3 Å². The summed E-state index contributed by atoms with van der Waals surface area (Å²) in [7, 11) is -2.14. The number of benzene rings is 1. The molecule has 0 aliphatic heterocycles. The second kappa shape index (κ2) is 9.07. The summed E-state index contributed by atoms with van der Waals surface area (Å²) in [6.07, 6.45) is 6.21. The zero-order chi connectivity index (χ0) is 22.9. The van der Waals surface area contributed by atoms with Crippen LogP contribution in [0.5, 0.6) is 0 Å². The number of sulfonamides is 1. The lowest BCUT2D eigenvalue weighted by atomic mass is 9.84. The highest BCUT2D eigenvalue weighted by Gasteiger charge is 2.42. The van der Waals surface area contributed by atoms with E-state index in [0.29, 0.717) is 17.5 Å². The third kappa shape index (κ3) is 4.88. The molecule has 4 unspecified atom stereocenters. The Labute approximate surface area is 188 Å². The minimum Gasteiger partial charge on any atom is -0.459 e. The van der Waals surface area contributed by atoms with Gasteiger partial charge in [-0.1, -0.05) is 6.42 Å². The van der Waals surface area contributed by atoms with Gasteiger partial charge in [-0.3, -0.25) is 9.59 Å². The van der Waals surface area contributed by atoms with Gasteiger partial charge in [0.2, 0.25) is 15.9 Å². The Bertz CT molecular complexity index is 1070. The molecule has 0 spiro atoms. The first-order chi connectivity index (χ1) is 15.2. The Morgan fingerprint density at radius 3 is 2.50 bits per heavy atom. The van der Waals surface area contributed by atoms with Crippen LogP contribution in [0.2, 0.25) is 0 Å². The number of carbonyl (C=O) groups is 2. The molecule has 8 nitrogen and oxygen atoms in total. The van der Waals surface area contributed by atoms with E-state index in [4.69, 9.17) is 4.42 Å². The third-order valence-electron chi connectivity index (χ3n) is 6.68. The summed E-state index contributed by atoms with van der Waals surface area (Å²) in [5.74, 6) is 1.15. The normalized spacial score (nSPS) is 23.1. The number of furan rings is 1. The van der Waals surface area contributed by atoms with Gasteiger partial charge in [-0.2, -0.15) is 0 Å². The van der Waals surface area contributed by atoms with Gasteiger partial charge >= 0.3 is 0 Å². The summed E-state index contributed by atoms with van der Waals surface area (Å²) < 4.78 is 33.5. The van der Waals surface area contributed by atoms with Crippen molar-refractivity contribution in [1.82, 2.24) is 9.62 Å². The highest BCUT2D eigenvalue weighted by Crippen LogP contribution is 2.49. The molecule has 2 saturated carbocycles. The maximum absolute atomic E-state index is 12.8. The zero-order valence-electron chi connectivity index (χ0n) is 18.3. The largest absolute Gasteiger partial charge is 0.459 e. The molecule has 0 saturated heterocycles. The monoisotopic (exact) mass is 459 g/mol. The summed E-state index contributed by atoms with van der Waals surface area (Å²) in [6, 6.07) is 9.07. The molecule has 2 fully saturated rings. The van der Waals surface area contributed by atoms with Gasteiger partial charge in [-0.25, -0.2) is 13.1 Å². The number of nitrogens with one attached hydrogen (secondary N) is 2. The van der Waals surface area contributed by atoms with E-state index in [9.17, 15) is 18.0 Å². The van der Waals surface area contributed by atoms with Gasteiger partial charge in [-0.15, -0.1) is 0 Å². The smallest absolute Gasteiger partial charge is 0.289 e. The number of hydrogen-bond acceptors (Lipinski definition) is 5. The van der Waals surface area contributed by atoms with Gasteiger partial charge in [0.15, 0.2) is 5.76 Å². The Balaban J connectivity index is 1.32. The minimum atomic E-state index is -3.64. The van der Waals surface area contributed by atoms with Gasteiger partial charge < -0.3 is 14.6 Å². The second-order valence-corrected chi connectivity index (χ2v) is 10.7. The first kappa shape index (κ1) is 22.5. The number of hydrogen-bond donors (Lipinski definition) is 2. The lowest BCUT2D eigenvalue weighted by Gasteiger charge is -2.28. The molecule has 1 aromatic carbocycles. The van der Waals surface area contributed by atoms with E-state index in [-0.39, 0.29) is 23.2 Å². The van der Waals surface area contributed by atoms with Crippen molar-refractivity contribution in [3.8, 4) is 0 Å². The summed E-state index contributed by atoms with van der Waals surface area (Å²) in [6.45, 7) is 1.79. The van der Waals surface area contributed by atoms with Crippen LogP contribution < -0.4 is 10.0 Å². The molecule has 4 atom stereocenters. The van der Waals surface area contributed by atoms with Crippen molar-refractivity contribution in [2.24, 2.45) is 17.8 Å². The number of anilines is 1. The van der Waals surface area contributed by atoms with Crippen LogP contribution in [0.15, 0.2) is 52.0 Å². The van der Waals surface area contributed by atoms with Crippen LogP contribution in [0.1, 0.15) is 43.2 Å². The van der Waals surface area contributed by atoms with Gasteiger partial charge in [0.05, 0.1) is 17.7 Å². The number of rotatable bonds is 8. The van der Waals surface area contributed by atoms with Crippen molar-refractivity contribution in [2.45, 2.75) is 43.5 Å². The summed E-state index contributed by atoms with van der Waals surface area (Å²) >= 11 is 0. The van der Waals surface area contributed by atoms with Crippen LogP contribution in [0, 0.1) is 17.8 Å². The lowest BCUT2D eigenvalue weighted by molar-refractivity contribution is -0.116. The molecule has 2 bridgehead atoms. The molecular formula is C23H29N3O5S. The average molecular weight is 460 g/mol. The van der Waals surface area contributed by atoms with E-state index < -0.39 is 21.8 Å². The quantitative estimate of drug-likeness (QED) is 0.631. The number of fused-ring (bicyclic) bond motifs is 2. The summed E-state index contributed by atoms with van der Waals surface area (Å²) in [5, 5.41) is 2.68. The standard InChI is InChI=1S/C23H29N3O5S/c1-15(20-13-16-5-6-17(20)12-16)25-32(29,30)19-9-7-18(8-10-19)24-22(27)14-26(2)23(28)21-4-3-11-31-21/h3-4,7-11,15-17,20,25H,5-6,12-14H2,1-2H3,(H,24,27). The first-order valence-corrected chi connectivity index (χ1v) is 12.4. The molecule has 4 rings (SSSR count). The third-order valence-corrected chi connectivity index (χ3v) is 8.26. The van der Waals surface area contributed by atoms with E-state index in [1.54, 1.807) is 18.2 Å². The Morgan fingerprint density at radius 1 is 1.16 bits per heavy atom. The number of likely N-dealkylation sites (N-methyl/N-ethyl adjacent to an activating group) is 1. The molecule has 2 aliphatic carbocycles. The highest BCUT2D eigenvalue weighted by molar-refractivity contribution is 7.89. The fraction of sp³-hybridized carbons (Fsp3) is 0.478. The first-order valence-electron chi connectivity index (χ1n) is 10.9. The van der Waals surface area contributed by atoms with Crippen molar-refractivity contribution in [3.05, 3.63) is 48.4 Å². The van der Waals surface area contributed by atoms with Crippen LogP contribution in [-0.4, -0.2) is 44.8 Å². The van der Waals surface area contributed by atoms with Crippen molar-refractivity contribution < 1.29 is 22.4 Å². The van der Waals surface area contributed by atoms with Gasteiger partial charge in [0.1, 0.15) is 0 Å². The fourth-order valence-corrected chi connectivity index (χ4v) is 6.39. The van der Waals surface area contributed by atoms with Crippen molar-refractivity contribution in [2.75, 3.05) is 18.9 Å². The highest BCUT2D eigenvalue weighted by atomic mass is 32.2. The zero-order valence-corrected chi connectivity index (χ0v) is 19.1. The van der Waals surface area contributed by atoms with Crippen LogP contribution in [-0.2, 0) is 14.8 Å². The molecule has 1 heterocycles. The van der Waals surface area contributed by atoms with Crippen molar-refractivity contribution in [1.29, 1.82) is 0 Å². The van der Waals surface area contributed by atoms with Gasteiger partial charge in [-0.05, 0) is 80.3 Å². The van der Waals surface area contributed by atoms with Crippen molar-refractivity contribution in [3.63, 3.8) is 0 Å². The molecule has 2 N–H and O–H groups in total. The molecule has 172 valence electrons. The molecule has 9 heteroatoms. The molecule has 0 radical (unpaired) electrons. The Kier molecular flexibility index (Phi) is 6.39. The van der Waals surface area contributed by atoms with Gasteiger partial charge in [0, 0.05) is 18.8 Å². The summed E-state index contributed by atoms with van der Waals surface area (Å²) in [4.78, 5) is 25.8. The van der Waals surface area contributed by atoms with E-state index in [1.165, 1.54) is 55.7 Å². The predicted molar refractivity (Wildman–Crippen MR) is 119 cm³/mol. The maximum atomic E-state index is 12.8. The molecule has 1 aromatic heterocycles. The fourth-order valence-electron chi connectivity index (χ4n) is 5.10. The molecule has 32 heavy (non-hydrogen) atoms. The Morgan fingerprint density at radius 2 is 1.91 bits per heavy atom. The van der Waals surface area contributed by atoms with Crippen LogP contribution in [0.25, 0.3) is 0 Å². The van der Waals surface area contributed by atoms with E-state index in [2.05, 4.69) is 10.0 Å². The molecule has 2 aromatic rings. The van der Waals surface area contributed by atoms with Crippen LogP contribution >= 0.6 is 0 Å². The van der Waals surface area contributed by atoms with E-state index in [1.807, 2.05) is 6.92 Å². The number of carbonyl (C=O) groups excluding carboxylic acids is 2. The number of nitrogens with zero attached hydrogens (tertiary/aromatic N) is 1. The Hall–Kier alpha value is -2.65. The SMILES string of the molecule is CC(NS(=O)(=O)c1ccc(NC(=O)CN(C)C(=O)c2ccco2)cc1)C1CC2CCC1C2. The van der Waals surface area contributed by atoms with Crippen LogP contribution in [0.4, 0.5) is 5.69 Å². The van der Waals surface area contributed by atoms with Crippen LogP contribution in [0.3, 0.4) is 0 Å². The molecule has 2 amide bonds. The topological polar surface area (TPSA) is 109 Å². The lowest BCUT2D eigenvalue weighted by Crippen LogP contribution is -2.40. The van der Waals surface area contributed by atoms with Gasteiger partial charge in [0.25, 0.3) is 5.91 Å². The summed E-state index contributed by atoms with van der Waals surface area (Å²) in [5.41, 5.74) is 0.453. The number of amides is 2. The second-order valence-electron chi connectivity index (χ2n) is 8.96. The predicted octanol–water partition coefficient (Wildman–Crippen LogP) is 3.09. The van der Waals surface area contributed by atoms with E-state index >= 15 is 0 Å².